The fraction of sp³-hybridized carbons (Fsp3) is 0.348. The van der Waals surface area contributed by atoms with Crippen molar-refractivity contribution in [3.63, 3.8) is 0 Å². The van der Waals surface area contributed by atoms with Crippen LogP contribution in [-0.2, 0) is 9.59 Å². The third-order valence-electron chi connectivity index (χ3n) is 5.11. The predicted molar refractivity (Wildman–Crippen MR) is 112 cm³/mol. The monoisotopic (exact) mass is 410 g/mol. The van der Waals surface area contributed by atoms with Gasteiger partial charge in [-0.1, -0.05) is 36.4 Å². The van der Waals surface area contributed by atoms with E-state index in [1.54, 1.807) is 21.9 Å². The highest BCUT2D eigenvalue weighted by Gasteiger charge is 2.22. The van der Waals surface area contributed by atoms with E-state index < -0.39 is 5.97 Å². The molecule has 30 heavy (non-hydrogen) atoms. The van der Waals surface area contributed by atoms with Gasteiger partial charge >= 0.3 is 5.97 Å². The molecule has 7 heteroatoms. The summed E-state index contributed by atoms with van der Waals surface area (Å²) in [5.41, 5.74) is 1.64. The highest BCUT2D eigenvalue weighted by atomic mass is 16.5. The maximum absolute atomic E-state index is 12.0. The number of hydrogen-bond acceptors (Lipinski definition) is 4. The third-order valence-corrected chi connectivity index (χ3v) is 5.11. The Kier molecular flexibility index (Phi) is 7.43. The number of carbonyl (C=O) groups is 3. The Bertz CT molecular complexity index is 859. The molecule has 1 saturated heterocycles. The summed E-state index contributed by atoms with van der Waals surface area (Å²) >= 11 is 0. The van der Waals surface area contributed by atoms with E-state index in [0.29, 0.717) is 31.9 Å². The standard InChI is InChI=1S/C14H16N2O5.C9H10/c17-10-15-4-6-16(7-5-15)13(18)9-21-12-3-1-2-11(8-12)14(19)20;1-2-4-8(5-3-1)9-6-7-9/h1-3,8,10H,4-7,9H2,(H,19,20);1-5,9H,6-7H2. The number of piperazine rings is 1. The lowest BCUT2D eigenvalue weighted by molar-refractivity contribution is -0.137. The molecule has 2 fully saturated rings. The Morgan fingerprint density at radius 1 is 1.00 bits per heavy atom. The van der Waals surface area contributed by atoms with Crippen LogP contribution in [0.1, 0.15) is 34.7 Å². The van der Waals surface area contributed by atoms with E-state index in [1.165, 1.54) is 30.5 Å². The van der Waals surface area contributed by atoms with Crippen LogP contribution in [0.15, 0.2) is 54.6 Å². The van der Waals surface area contributed by atoms with E-state index in [1.807, 2.05) is 0 Å². The number of carboxylic acids is 1. The second kappa shape index (κ2) is 10.4. The third kappa shape index (κ3) is 6.34. The summed E-state index contributed by atoms with van der Waals surface area (Å²) in [6.07, 6.45) is 3.59. The Morgan fingerprint density at radius 3 is 2.30 bits per heavy atom. The largest absolute Gasteiger partial charge is 0.484 e. The molecule has 2 amide bonds. The van der Waals surface area contributed by atoms with E-state index in [-0.39, 0.29) is 18.1 Å². The molecular formula is C23H26N2O5. The van der Waals surface area contributed by atoms with Gasteiger partial charge in [-0.05, 0) is 42.5 Å². The second-order valence-electron chi connectivity index (χ2n) is 7.33. The zero-order valence-electron chi connectivity index (χ0n) is 16.8. The molecule has 7 nitrogen and oxygen atoms in total. The molecule has 1 heterocycles. The fourth-order valence-corrected chi connectivity index (χ4v) is 3.17. The van der Waals surface area contributed by atoms with Crippen molar-refractivity contribution in [3.8, 4) is 5.75 Å². The van der Waals surface area contributed by atoms with Gasteiger partial charge in [0, 0.05) is 26.2 Å². The van der Waals surface area contributed by atoms with Gasteiger partial charge in [0.2, 0.25) is 6.41 Å². The summed E-state index contributed by atoms with van der Waals surface area (Å²) < 4.78 is 5.33. The van der Waals surface area contributed by atoms with Crippen molar-refractivity contribution in [2.75, 3.05) is 32.8 Å². The molecule has 2 aromatic carbocycles. The van der Waals surface area contributed by atoms with Crippen LogP contribution in [0.2, 0.25) is 0 Å². The summed E-state index contributed by atoms with van der Waals surface area (Å²) in [5, 5.41) is 8.87. The molecule has 1 aliphatic heterocycles. The van der Waals surface area contributed by atoms with Crippen LogP contribution in [-0.4, -0.2) is 66.0 Å². The zero-order chi connectivity index (χ0) is 21.3. The van der Waals surface area contributed by atoms with Gasteiger partial charge in [-0.25, -0.2) is 4.79 Å². The molecule has 0 bridgehead atoms. The lowest BCUT2D eigenvalue weighted by Gasteiger charge is -2.32. The molecule has 0 unspecified atom stereocenters. The van der Waals surface area contributed by atoms with Crippen molar-refractivity contribution < 1.29 is 24.2 Å². The van der Waals surface area contributed by atoms with Gasteiger partial charge in [0.15, 0.2) is 6.61 Å². The maximum atomic E-state index is 12.0. The number of carboxylic acid groups (broad SMARTS) is 1. The average molecular weight is 410 g/mol. The van der Waals surface area contributed by atoms with E-state index in [0.717, 1.165) is 12.3 Å². The van der Waals surface area contributed by atoms with Crippen molar-refractivity contribution in [3.05, 3.63) is 65.7 Å². The summed E-state index contributed by atoms with van der Waals surface area (Å²) in [7, 11) is 0. The summed E-state index contributed by atoms with van der Waals surface area (Å²) in [4.78, 5) is 36.6. The molecule has 2 aliphatic rings. The molecule has 2 aromatic rings. The van der Waals surface area contributed by atoms with Crippen LogP contribution in [0, 0.1) is 0 Å². The first kappa shape index (κ1) is 21.4. The van der Waals surface area contributed by atoms with E-state index in [4.69, 9.17) is 9.84 Å². The highest BCUT2D eigenvalue weighted by molar-refractivity contribution is 5.88. The quantitative estimate of drug-likeness (QED) is 0.740. The van der Waals surface area contributed by atoms with Gasteiger partial charge in [-0.15, -0.1) is 0 Å². The number of carbonyl (C=O) groups excluding carboxylic acids is 2. The number of hydrogen-bond donors (Lipinski definition) is 1. The Labute approximate surface area is 175 Å². The van der Waals surface area contributed by atoms with Crippen molar-refractivity contribution in [2.45, 2.75) is 18.8 Å². The maximum Gasteiger partial charge on any atom is 0.335 e. The van der Waals surface area contributed by atoms with E-state index in [9.17, 15) is 14.4 Å². The van der Waals surface area contributed by atoms with E-state index >= 15 is 0 Å². The lowest BCUT2D eigenvalue weighted by Crippen LogP contribution is -2.49. The van der Waals surface area contributed by atoms with Crippen LogP contribution < -0.4 is 4.74 Å². The smallest absolute Gasteiger partial charge is 0.335 e. The number of rotatable bonds is 6. The first-order valence-electron chi connectivity index (χ1n) is 10.0. The van der Waals surface area contributed by atoms with Gasteiger partial charge in [0.05, 0.1) is 5.56 Å². The molecule has 0 atom stereocenters. The SMILES string of the molecule is O=CN1CCN(C(=O)COc2cccc(C(=O)O)c2)CC1.c1ccc(C2CC2)cc1. The van der Waals surface area contributed by atoms with Crippen LogP contribution in [0.4, 0.5) is 0 Å². The number of nitrogens with zero attached hydrogens (tertiary/aromatic N) is 2. The van der Waals surface area contributed by atoms with Crippen LogP contribution in [0.25, 0.3) is 0 Å². The van der Waals surface area contributed by atoms with Gasteiger partial charge < -0.3 is 19.6 Å². The molecule has 158 valence electrons. The predicted octanol–water partition coefficient (Wildman–Crippen LogP) is 2.63. The van der Waals surface area contributed by atoms with Gasteiger partial charge in [-0.2, -0.15) is 0 Å². The van der Waals surface area contributed by atoms with Crippen molar-refractivity contribution in [1.29, 1.82) is 0 Å². The Balaban J connectivity index is 0.000000234. The second-order valence-corrected chi connectivity index (χ2v) is 7.33. The summed E-state index contributed by atoms with van der Waals surface area (Å²) in [6, 6.07) is 16.7. The summed E-state index contributed by atoms with van der Waals surface area (Å²) in [5.74, 6) is 0.0269. The highest BCUT2D eigenvalue weighted by Crippen LogP contribution is 2.39. The first-order chi connectivity index (χ1) is 14.6. The molecule has 0 radical (unpaired) electrons. The first-order valence-corrected chi connectivity index (χ1v) is 10.0. The molecule has 0 spiro atoms. The molecule has 1 N–H and O–H groups in total. The summed E-state index contributed by atoms with van der Waals surface area (Å²) in [6.45, 7) is 1.85. The number of aromatic carboxylic acids is 1. The lowest BCUT2D eigenvalue weighted by atomic mass is 10.1. The van der Waals surface area contributed by atoms with E-state index in [2.05, 4.69) is 30.3 Å². The molecule has 0 aromatic heterocycles. The van der Waals surface area contributed by atoms with Crippen LogP contribution in [0.3, 0.4) is 0 Å². The molecular weight excluding hydrogens is 384 g/mol. The Hall–Kier alpha value is -3.35. The minimum atomic E-state index is -1.04. The minimum absolute atomic E-state index is 0.111. The molecule has 4 rings (SSSR count). The minimum Gasteiger partial charge on any atom is -0.484 e. The fourth-order valence-electron chi connectivity index (χ4n) is 3.17. The average Bonchev–Trinajstić information content (AvgIpc) is 3.64. The van der Waals surface area contributed by atoms with Gasteiger partial charge in [-0.3, -0.25) is 9.59 Å². The number of benzene rings is 2. The van der Waals surface area contributed by atoms with Crippen LogP contribution in [0.5, 0.6) is 5.75 Å². The Morgan fingerprint density at radius 2 is 1.70 bits per heavy atom. The van der Waals surface area contributed by atoms with Crippen molar-refractivity contribution in [2.24, 2.45) is 0 Å². The van der Waals surface area contributed by atoms with Crippen molar-refractivity contribution in [1.82, 2.24) is 9.80 Å². The number of amides is 2. The normalized spacial score (nSPS) is 15.6. The molecule has 1 aliphatic carbocycles. The molecule has 1 saturated carbocycles. The number of ether oxygens (including phenoxy) is 1. The topological polar surface area (TPSA) is 87.2 Å². The van der Waals surface area contributed by atoms with Gasteiger partial charge in [0.1, 0.15) is 5.75 Å². The zero-order valence-corrected chi connectivity index (χ0v) is 16.8. The van der Waals surface area contributed by atoms with Crippen LogP contribution >= 0.6 is 0 Å². The van der Waals surface area contributed by atoms with Gasteiger partial charge in [0.25, 0.3) is 5.91 Å². The van der Waals surface area contributed by atoms with Crippen molar-refractivity contribution >= 4 is 18.3 Å².